The SMILES string of the molecule is CC(C)(C)C/C=N/NC(=O)C1CCC(C(=O)N/N=C/CC(C)(C)C)CC1.CCC.[HH].[HH].[HH].[HH]. The normalized spacial score (nSPS) is 20.3. The van der Waals surface area contributed by atoms with Gasteiger partial charge in [-0.05, 0) is 49.4 Å². The van der Waals surface area contributed by atoms with Crippen LogP contribution in [-0.2, 0) is 9.59 Å². The van der Waals surface area contributed by atoms with Gasteiger partial charge in [0.05, 0.1) is 0 Å². The van der Waals surface area contributed by atoms with E-state index in [1.807, 2.05) is 0 Å². The second kappa shape index (κ2) is 13.5. The lowest BCUT2D eigenvalue weighted by Crippen LogP contribution is -2.35. The summed E-state index contributed by atoms with van der Waals surface area (Å²) in [5, 5.41) is 8.07. The summed E-state index contributed by atoms with van der Waals surface area (Å²) >= 11 is 0. The van der Waals surface area contributed by atoms with Gasteiger partial charge < -0.3 is 0 Å². The van der Waals surface area contributed by atoms with Gasteiger partial charge in [-0.2, -0.15) is 10.2 Å². The van der Waals surface area contributed by atoms with Crippen LogP contribution >= 0.6 is 0 Å². The largest absolute Gasteiger partial charge is 0.273 e. The highest BCUT2D eigenvalue weighted by atomic mass is 16.2. The third-order valence-corrected chi connectivity index (χ3v) is 4.41. The number of nitrogens with one attached hydrogen (secondary N) is 2. The molecule has 29 heavy (non-hydrogen) atoms. The molecule has 0 aromatic carbocycles. The molecule has 1 aliphatic carbocycles. The van der Waals surface area contributed by atoms with Crippen LogP contribution in [0.2, 0.25) is 0 Å². The van der Waals surface area contributed by atoms with Crippen LogP contribution in [-0.4, -0.2) is 24.2 Å². The molecule has 0 bridgehead atoms. The van der Waals surface area contributed by atoms with E-state index in [9.17, 15) is 9.59 Å². The first-order chi connectivity index (χ1) is 13.4. The van der Waals surface area contributed by atoms with Gasteiger partial charge in [-0.25, -0.2) is 10.9 Å². The van der Waals surface area contributed by atoms with Crippen molar-refractivity contribution in [3.63, 3.8) is 0 Å². The maximum Gasteiger partial charge on any atom is 0.243 e. The van der Waals surface area contributed by atoms with Crippen LogP contribution in [0.15, 0.2) is 10.2 Å². The quantitative estimate of drug-likeness (QED) is 0.395. The minimum absolute atomic E-state index is 0. The number of nitrogens with zero attached hydrogens (tertiary/aromatic N) is 2. The lowest BCUT2D eigenvalue weighted by Gasteiger charge is -2.25. The monoisotopic (exact) mass is 416 g/mol. The highest BCUT2D eigenvalue weighted by molar-refractivity contribution is 5.81. The number of hydrogen-bond donors (Lipinski definition) is 2. The van der Waals surface area contributed by atoms with Crippen molar-refractivity contribution in [1.82, 2.24) is 10.9 Å². The summed E-state index contributed by atoms with van der Waals surface area (Å²) in [6.45, 7) is 17.0. The van der Waals surface area contributed by atoms with Crippen molar-refractivity contribution < 1.29 is 15.3 Å². The zero-order valence-electron chi connectivity index (χ0n) is 20.0. The molecule has 1 aliphatic rings. The van der Waals surface area contributed by atoms with Crippen molar-refractivity contribution in [2.24, 2.45) is 32.9 Å². The number of hydrogen-bond acceptors (Lipinski definition) is 4. The van der Waals surface area contributed by atoms with Crippen LogP contribution in [0.3, 0.4) is 0 Å². The number of rotatable bonds is 6. The summed E-state index contributed by atoms with van der Waals surface area (Å²) in [6.07, 6.45) is 9.24. The smallest absolute Gasteiger partial charge is 0.243 e. The highest BCUT2D eigenvalue weighted by Gasteiger charge is 2.29. The summed E-state index contributed by atoms with van der Waals surface area (Å²) in [4.78, 5) is 24.3. The van der Waals surface area contributed by atoms with E-state index in [1.165, 1.54) is 6.42 Å². The van der Waals surface area contributed by atoms with Gasteiger partial charge in [0.1, 0.15) is 0 Å². The van der Waals surface area contributed by atoms with Crippen molar-refractivity contribution in [3.05, 3.63) is 0 Å². The maximum atomic E-state index is 12.2. The fourth-order valence-electron chi connectivity index (χ4n) is 2.66. The molecule has 0 spiro atoms. The van der Waals surface area contributed by atoms with Crippen LogP contribution in [0.4, 0.5) is 0 Å². The van der Waals surface area contributed by atoms with Gasteiger partial charge in [-0.15, -0.1) is 0 Å². The van der Waals surface area contributed by atoms with Crippen LogP contribution in [0, 0.1) is 22.7 Å². The zero-order chi connectivity index (χ0) is 22.5. The first kappa shape index (κ1) is 27.3. The molecule has 0 unspecified atom stereocenters. The highest BCUT2D eigenvalue weighted by Crippen LogP contribution is 2.29. The Hall–Kier alpha value is -1.72. The molecule has 1 rings (SSSR count). The molecule has 6 nitrogen and oxygen atoms in total. The van der Waals surface area contributed by atoms with E-state index < -0.39 is 0 Å². The Bertz CT molecular complexity index is 504. The summed E-state index contributed by atoms with van der Waals surface area (Å²) < 4.78 is 0. The summed E-state index contributed by atoms with van der Waals surface area (Å²) in [6, 6.07) is 0. The number of amides is 2. The second-order valence-corrected chi connectivity index (χ2v) is 10.4. The molecule has 0 atom stereocenters. The van der Waals surface area contributed by atoms with Gasteiger partial charge in [0, 0.05) is 30.0 Å². The van der Waals surface area contributed by atoms with Gasteiger partial charge in [-0.3, -0.25) is 9.59 Å². The molecule has 1 saturated carbocycles. The Morgan fingerprint density at radius 1 is 0.793 bits per heavy atom. The van der Waals surface area contributed by atoms with E-state index in [0.29, 0.717) is 25.7 Å². The fraction of sp³-hybridized carbons (Fsp3) is 0.826. The molecule has 2 N–H and O–H groups in total. The molecule has 0 saturated heterocycles. The van der Waals surface area contributed by atoms with E-state index in [1.54, 1.807) is 12.4 Å². The van der Waals surface area contributed by atoms with Crippen LogP contribution in [0.1, 0.15) is 106 Å². The predicted octanol–water partition coefficient (Wildman–Crippen LogP) is 6.27. The average Bonchev–Trinajstić information content (AvgIpc) is 2.61. The average molecular weight is 417 g/mol. The van der Waals surface area contributed by atoms with E-state index in [0.717, 1.165) is 12.8 Å². The zero-order valence-corrected chi connectivity index (χ0v) is 20.0. The van der Waals surface area contributed by atoms with Gasteiger partial charge in [-0.1, -0.05) is 61.8 Å². The van der Waals surface area contributed by atoms with Crippen LogP contribution in [0.25, 0.3) is 0 Å². The van der Waals surface area contributed by atoms with Gasteiger partial charge in [0.2, 0.25) is 11.8 Å². The summed E-state index contributed by atoms with van der Waals surface area (Å²) in [7, 11) is 0. The van der Waals surface area contributed by atoms with Crippen molar-refractivity contribution in [1.29, 1.82) is 0 Å². The van der Waals surface area contributed by atoms with Crippen LogP contribution < -0.4 is 10.9 Å². The first-order valence-electron chi connectivity index (χ1n) is 11.0. The molecule has 6 heteroatoms. The van der Waals surface area contributed by atoms with Crippen molar-refractivity contribution >= 4 is 24.2 Å². The first-order valence-corrected chi connectivity index (χ1v) is 11.0. The standard InChI is InChI=1S/C20H36N4O2.C3H8.4H2/c1-19(2,3)11-13-21-23-17(25)15-7-9-16(10-8-15)18(26)24-22-14-12-20(4,5)6;1-3-2;;;;/h13-16H,7-12H2,1-6H3,(H,23,25)(H,24,26);3H2,1-2H3;4*1H/b21-13+,22-14+;;;;;. The third kappa shape index (κ3) is 14.9. The van der Waals surface area contributed by atoms with Crippen LogP contribution in [0.5, 0.6) is 0 Å². The molecule has 0 aliphatic heterocycles. The Morgan fingerprint density at radius 3 is 1.31 bits per heavy atom. The molecule has 1 fully saturated rings. The molecule has 2 amide bonds. The lowest BCUT2D eigenvalue weighted by atomic mass is 9.81. The van der Waals surface area contributed by atoms with Gasteiger partial charge >= 0.3 is 0 Å². The predicted molar refractivity (Wildman–Crippen MR) is 131 cm³/mol. The minimum atomic E-state index is -0.0600. The lowest BCUT2D eigenvalue weighted by molar-refractivity contribution is -0.130. The fourth-order valence-corrected chi connectivity index (χ4v) is 2.66. The Balaban J connectivity index is -0.000000353. The maximum absolute atomic E-state index is 12.2. The topological polar surface area (TPSA) is 82.9 Å². The number of carbonyl (C=O) groups is 2. The number of carbonyl (C=O) groups excluding carboxylic acids is 2. The molecule has 176 valence electrons. The molecular weight excluding hydrogens is 364 g/mol. The Labute approximate surface area is 184 Å². The van der Waals surface area contributed by atoms with E-state index in [2.05, 4.69) is 76.4 Å². The minimum Gasteiger partial charge on any atom is -0.273 e. The van der Waals surface area contributed by atoms with Gasteiger partial charge in [0.15, 0.2) is 0 Å². The van der Waals surface area contributed by atoms with Gasteiger partial charge in [0.25, 0.3) is 0 Å². The summed E-state index contributed by atoms with van der Waals surface area (Å²) in [5.41, 5.74) is 5.59. The van der Waals surface area contributed by atoms with Crippen molar-refractivity contribution in [2.45, 2.75) is 100 Å². The van der Waals surface area contributed by atoms with E-state index >= 15 is 0 Å². The second-order valence-electron chi connectivity index (χ2n) is 10.4. The van der Waals surface area contributed by atoms with Crippen molar-refractivity contribution in [2.75, 3.05) is 0 Å². The molecule has 0 aromatic rings. The van der Waals surface area contributed by atoms with Crippen molar-refractivity contribution in [3.8, 4) is 0 Å². The molecule has 0 aromatic heterocycles. The van der Waals surface area contributed by atoms with E-state index in [-0.39, 0.29) is 40.2 Å². The molecule has 0 radical (unpaired) electrons. The molecule has 0 heterocycles. The Kier molecular flexibility index (Phi) is 12.7. The number of hydrazone groups is 2. The van der Waals surface area contributed by atoms with E-state index in [4.69, 9.17) is 0 Å². The molecular formula is C23H52N4O2. The Morgan fingerprint density at radius 2 is 1.07 bits per heavy atom. The third-order valence-electron chi connectivity index (χ3n) is 4.41. The summed E-state index contributed by atoms with van der Waals surface area (Å²) in [5.74, 6) is -0.208.